The van der Waals surface area contributed by atoms with E-state index in [1.807, 2.05) is 0 Å². The minimum atomic E-state index is -3.73. The van der Waals surface area contributed by atoms with Gasteiger partial charge in [-0.1, -0.05) is 6.58 Å². The molecule has 0 spiro atoms. The molecule has 1 aromatic rings. The molecule has 1 aliphatic rings. The van der Waals surface area contributed by atoms with Crippen LogP contribution in [0.2, 0.25) is 0 Å². The Morgan fingerprint density at radius 2 is 2.04 bits per heavy atom. The van der Waals surface area contributed by atoms with E-state index in [-0.39, 0.29) is 35.1 Å². The molecule has 0 aromatic heterocycles. The topological polar surface area (TPSA) is 110 Å². The molecule has 2 atom stereocenters. The lowest BCUT2D eigenvalue weighted by molar-refractivity contribution is -0.384. The lowest BCUT2D eigenvalue weighted by atomic mass is 10.0. The summed E-state index contributed by atoms with van der Waals surface area (Å²) in [5, 5.41) is 13.4. The summed E-state index contributed by atoms with van der Waals surface area (Å²) in [6, 6.07) is 4.43. The predicted molar refractivity (Wildman–Crippen MR) is 87.8 cm³/mol. The van der Waals surface area contributed by atoms with E-state index in [1.165, 1.54) is 34.6 Å². The molecule has 2 unspecified atom stereocenters. The van der Waals surface area contributed by atoms with E-state index in [0.29, 0.717) is 12.8 Å². The Kier molecular flexibility index (Phi) is 5.35. The van der Waals surface area contributed by atoms with Crippen LogP contribution in [0.5, 0.6) is 0 Å². The van der Waals surface area contributed by atoms with Gasteiger partial charge >= 0.3 is 0 Å². The summed E-state index contributed by atoms with van der Waals surface area (Å²) in [6.07, 6.45) is 2.17. The first-order valence-corrected chi connectivity index (χ1v) is 8.89. The Labute approximate surface area is 140 Å². The molecule has 1 aliphatic heterocycles. The molecule has 2 rings (SSSR count). The van der Waals surface area contributed by atoms with Gasteiger partial charge < -0.3 is 5.32 Å². The molecule has 8 nitrogen and oxygen atoms in total. The lowest BCUT2D eigenvalue weighted by Gasteiger charge is -2.36. The fraction of sp³-hybridized carbons (Fsp3) is 0.400. The van der Waals surface area contributed by atoms with E-state index in [1.54, 1.807) is 6.92 Å². The van der Waals surface area contributed by atoms with E-state index in [2.05, 4.69) is 11.9 Å². The second-order valence-corrected chi connectivity index (χ2v) is 7.54. The van der Waals surface area contributed by atoms with Crippen LogP contribution in [0.15, 0.2) is 41.8 Å². The van der Waals surface area contributed by atoms with Crippen LogP contribution in [0.25, 0.3) is 0 Å². The maximum Gasteiger partial charge on any atom is 0.269 e. The zero-order valence-corrected chi connectivity index (χ0v) is 14.0. The third-order valence-corrected chi connectivity index (χ3v) is 6.03. The van der Waals surface area contributed by atoms with Crippen molar-refractivity contribution in [3.63, 3.8) is 0 Å². The number of hydrogen-bond acceptors (Lipinski definition) is 5. The molecule has 1 N–H and O–H groups in total. The molecule has 1 heterocycles. The number of nitrogens with one attached hydrogen (secondary N) is 1. The van der Waals surface area contributed by atoms with E-state index in [9.17, 15) is 23.3 Å². The minimum Gasteiger partial charge on any atom is -0.350 e. The molecule has 1 fully saturated rings. The number of nitrogens with zero attached hydrogens (tertiary/aromatic N) is 2. The first kappa shape index (κ1) is 18.1. The van der Waals surface area contributed by atoms with Crippen LogP contribution in [-0.4, -0.2) is 42.2 Å². The Balaban J connectivity index is 2.14. The highest BCUT2D eigenvalue weighted by Gasteiger charge is 2.34. The summed E-state index contributed by atoms with van der Waals surface area (Å²) in [7, 11) is -3.73. The number of carbonyl (C=O) groups is 1. The average molecular weight is 353 g/mol. The fourth-order valence-electron chi connectivity index (χ4n) is 2.77. The molecule has 24 heavy (non-hydrogen) atoms. The third-order valence-electron chi connectivity index (χ3n) is 4.00. The van der Waals surface area contributed by atoms with Crippen molar-refractivity contribution in [1.29, 1.82) is 0 Å². The number of carbonyl (C=O) groups excluding carboxylic acids is 1. The molecule has 0 radical (unpaired) electrons. The van der Waals surface area contributed by atoms with Gasteiger partial charge in [0.1, 0.15) is 0 Å². The normalized spacial score (nSPS) is 21.9. The van der Waals surface area contributed by atoms with Crippen LogP contribution in [0.4, 0.5) is 5.69 Å². The number of nitro benzene ring substituents is 1. The van der Waals surface area contributed by atoms with Gasteiger partial charge in [0.05, 0.1) is 9.82 Å². The predicted octanol–water partition coefficient (Wildman–Crippen LogP) is 1.44. The number of sulfonamides is 1. The molecule has 0 aliphatic carbocycles. The van der Waals surface area contributed by atoms with Gasteiger partial charge in [-0.3, -0.25) is 14.9 Å². The number of piperidine rings is 1. The van der Waals surface area contributed by atoms with Crippen molar-refractivity contribution in [3.8, 4) is 0 Å². The lowest BCUT2D eigenvalue weighted by Crippen LogP contribution is -2.50. The number of non-ortho nitro benzene ring substituents is 1. The molecule has 1 aromatic carbocycles. The zero-order chi connectivity index (χ0) is 17.9. The van der Waals surface area contributed by atoms with Gasteiger partial charge in [0, 0.05) is 30.8 Å². The number of hydrogen-bond donors (Lipinski definition) is 1. The SMILES string of the molecule is C=CC(=O)NC1CCN(S(=O)(=O)c2ccc([N+](=O)[O-])cc2)C(C)C1. The number of benzene rings is 1. The summed E-state index contributed by atoms with van der Waals surface area (Å²) in [4.78, 5) is 21.5. The number of rotatable bonds is 5. The van der Waals surface area contributed by atoms with E-state index < -0.39 is 14.9 Å². The fourth-order valence-corrected chi connectivity index (χ4v) is 4.43. The quantitative estimate of drug-likeness (QED) is 0.489. The largest absolute Gasteiger partial charge is 0.350 e. The van der Waals surface area contributed by atoms with Crippen LogP contribution in [0, 0.1) is 10.1 Å². The second-order valence-electron chi connectivity index (χ2n) is 5.65. The molecule has 130 valence electrons. The highest BCUT2D eigenvalue weighted by molar-refractivity contribution is 7.89. The van der Waals surface area contributed by atoms with Crippen LogP contribution in [0.1, 0.15) is 19.8 Å². The van der Waals surface area contributed by atoms with Crippen molar-refractivity contribution >= 4 is 21.6 Å². The van der Waals surface area contributed by atoms with Crippen molar-refractivity contribution < 1.29 is 18.1 Å². The summed E-state index contributed by atoms with van der Waals surface area (Å²) < 4.78 is 26.8. The molecule has 0 bridgehead atoms. The van der Waals surface area contributed by atoms with Crippen LogP contribution < -0.4 is 5.32 Å². The van der Waals surface area contributed by atoms with Crippen molar-refractivity contribution in [2.45, 2.75) is 36.7 Å². The minimum absolute atomic E-state index is 0.0218. The molecule has 9 heteroatoms. The van der Waals surface area contributed by atoms with Crippen molar-refractivity contribution in [1.82, 2.24) is 9.62 Å². The van der Waals surface area contributed by atoms with Gasteiger partial charge in [-0.05, 0) is 38.0 Å². The van der Waals surface area contributed by atoms with Gasteiger partial charge in [-0.2, -0.15) is 4.31 Å². The summed E-state index contributed by atoms with van der Waals surface area (Å²) >= 11 is 0. The summed E-state index contributed by atoms with van der Waals surface area (Å²) in [5.74, 6) is -0.279. The van der Waals surface area contributed by atoms with Crippen LogP contribution in [-0.2, 0) is 14.8 Å². The van der Waals surface area contributed by atoms with Crippen molar-refractivity contribution in [3.05, 3.63) is 47.0 Å². The van der Waals surface area contributed by atoms with E-state index in [0.717, 1.165) is 0 Å². The first-order chi connectivity index (χ1) is 11.3. The zero-order valence-electron chi connectivity index (χ0n) is 13.2. The van der Waals surface area contributed by atoms with Gasteiger partial charge in [-0.15, -0.1) is 0 Å². The Bertz CT molecular complexity index is 745. The Morgan fingerprint density at radius 1 is 1.42 bits per heavy atom. The van der Waals surface area contributed by atoms with Crippen molar-refractivity contribution in [2.75, 3.05) is 6.54 Å². The Morgan fingerprint density at radius 3 is 2.54 bits per heavy atom. The van der Waals surface area contributed by atoms with Gasteiger partial charge in [0.25, 0.3) is 5.69 Å². The van der Waals surface area contributed by atoms with Crippen LogP contribution >= 0.6 is 0 Å². The molecule has 0 saturated carbocycles. The molecule has 1 saturated heterocycles. The van der Waals surface area contributed by atoms with E-state index in [4.69, 9.17) is 0 Å². The number of amides is 1. The van der Waals surface area contributed by atoms with Gasteiger partial charge in [0.2, 0.25) is 15.9 Å². The van der Waals surface area contributed by atoms with Gasteiger partial charge in [0.15, 0.2) is 0 Å². The van der Waals surface area contributed by atoms with Gasteiger partial charge in [-0.25, -0.2) is 8.42 Å². The molecular weight excluding hydrogens is 334 g/mol. The first-order valence-electron chi connectivity index (χ1n) is 7.45. The highest BCUT2D eigenvalue weighted by atomic mass is 32.2. The smallest absolute Gasteiger partial charge is 0.269 e. The summed E-state index contributed by atoms with van der Waals surface area (Å²) in [6.45, 7) is 5.43. The highest BCUT2D eigenvalue weighted by Crippen LogP contribution is 2.26. The monoisotopic (exact) mass is 353 g/mol. The average Bonchev–Trinajstić information content (AvgIpc) is 2.54. The maximum atomic E-state index is 12.7. The third kappa shape index (κ3) is 3.80. The molecular formula is C15H19N3O5S. The van der Waals surface area contributed by atoms with E-state index >= 15 is 0 Å². The van der Waals surface area contributed by atoms with Crippen LogP contribution in [0.3, 0.4) is 0 Å². The summed E-state index contributed by atoms with van der Waals surface area (Å²) in [5.41, 5.74) is -0.159. The maximum absolute atomic E-state index is 12.7. The number of nitro groups is 1. The van der Waals surface area contributed by atoms with Crippen molar-refractivity contribution in [2.24, 2.45) is 0 Å². The molecule has 1 amide bonds. The second kappa shape index (κ2) is 7.10. The Hall–Kier alpha value is -2.26. The standard InChI is InChI=1S/C15H19N3O5S/c1-3-15(19)16-12-8-9-17(11(2)10-12)24(22,23)14-6-4-13(5-7-14)18(20)21/h3-7,11-12H,1,8-10H2,2H3,(H,16,19).